The molecule has 1 N–H and O–H groups in total. The maximum atomic E-state index is 12.1. The third-order valence-electron chi connectivity index (χ3n) is 3.96. The van der Waals surface area contributed by atoms with Crippen LogP contribution in [0.25, 0.3) is 0 Å². The number of rotatable bonds is 5. The number of hydrogen-bond acceptors (Lipinski definition) is 1. The van der Waals surface area contributed by atoms with Crippen molar-refractivity contribution in [3.63, 3.8) is 0 Å². The number of nitrogens with one attached hydrogen (secondary N) is 1. The molecule has 0 unspecified atom stereocenters. The van der Waals surface area contributed by atoms with Gasteiger partial charge in [-0.3, -0.25) is 4.79 Å². The molecule has 0 saturated heterocycles. The molecular weight excluding hydrogens is 282 g/mol. The number of hydrogen-bond donors (Lipinski definition) is 1. The number of amides is 1. The molecule has 3 heteroatoms. The van der Waals surface area contributed by atoms with E-state index < -0.39 is 0 Å². The molecule has 0 radical (unpaired) electrons. The van der Waals surface area contributed by atoms with Crippen LogP contribution in [0.1, 0.15) is 23.5 Å². The van der Waals surface area contributed by atoms with Crippen LogP contribution in [0.3, 0.4) is 0 Å². The minimum absolute atomic E-state index is 0.145. The fourth-order valence-electron chi connectivity index (χ4n) is 2.71. The summed E-state index contributed by atoms with van der Waals surface area (Å²) in [4.78, 5) is 12.1. The third kappa shape index (κ3) is 3.64. The number of carbonyl (C=O) groups is 1. The molecule has 3 rings (SSSR count). The van der Waals surface area contributed by atoms with Gasteiger partial charge >= 0.3 is 0 Å². The van der Waals surface area contributed by atoms with Gasteiger partial charge in [0.05, 0.1) is 0 Å². The molecule has 1 aliphatic carbocycles. The lowest BCUT2D eigenvalue weighted by Crippen LogP contribution is -2.27. The van der Waals surface area contributed by atoms with E-state index in [1.54, 1.807) is 0 Å². The monoisotopic (exact) mass is 299 g/mol. The summed E-state index contributed by atoms with van der Waals surface area (Å²) in [6, 6.07) is 18.0. The normalized spacial score (nSPS) is 20.0. The van der Waals surface area contributed by atoms with Gasteiger partial charge in [-0.1, -0.05) is 54.1 Å². The van der Waals surface area contributed by atoms with E-state index in [0.717, 1.165) is 23.4 Å². The number of halogens is 1. The van der Waals surface area contributed by atoms with Gasteiger partial charge in [0, 0.05) is 17.5 Å². The summed E-state index contributed by atoms with van der Waals surface area (Å²) in [6.07, 6.45) is 1.78. The molecule has 108 valence electrons. The fourth-order valence-corrected chi connectivity index (χ4v) is 2.92. The minimum Gasteiger partial charge on any atom is -0.356 e. The lowest BCUT2D eigenvalue weighted by atomic mass is 10.1. The summed E-state index contributed by atoms with van der Waals surface area (Å²) in [5.74, 6) is 0.718. The van der Waals surface area contributed by atoms with E-state index in [2.05, 4.69) is 17.4 Å². The average molecular weight is 300 g/mol. The first-order valence-electron chi connectivity index (χ1n) is 7.31. The number of benzene rings is 2. The van der Waals surface area contributed by atoms with Crippen molar-refractivity contribution in [2.24, 2.45) is 5.92 Å². The van der Waals surface area contributed by atoms with Crippen LogP contribution in [0, 0.1) is 5.92 Å². The van der Waals surface area contributed by atoms with Crippen molar-refractivity contribution in [2.45, 2.75) is 18.8 Å². The summed E-state index contributed by atoms with van der Waals surface area (Å²) >= 11 is 5.95. The summed E-state index contributed by atoms with van der Waals surface area (Å²) < 4.78 is 0. The van der Waals surface area contributed by atoms with E-state index in [0.29, 0.717) is 12.5 Å². The standard InChI is InChI=1S/C18H18ClNO/c19-15-8-4-5-13(11-15)9-10-20-18(21)17-12-16(17)14-6-2-1-3-7-14/h1-8,11,16-17H,9-10,12H2,(H,20,21)/t16-,17-/m1/s1. The van der Waals surface area contributed by atoms with Gasteiger partial charge in [0.25, 0.3) is 0 Å². The second kappa shape index (κ2) is 6.31. The highest BCUT2D eigenvalue weighted by Gasteiger charge is 2.43. The molecule has 2 aromatic rings. The predicted octanol–water partition coefficient (Wildman–Crippen LogP) is 3.80. The maximum Gasteiger partial charge on any atom is 0.223 e. The van der Waals surface area contributed by atoms with Gasteiger partial charge in [0.2, 0.25) is 5.91 Å². The van der Waals surface area contributed by atoms with Crippen LogP contribution in [-0.4, -0.2) is 12.5 Å². The fraction of sp³-hybridized carbons (Fsp3) is 0.278. The SMILES string of the molecule is O=C(NCCc1cccc(Cl)c1)[C@@H]1C[C@@H]1c1ccccc1. The first-order chi connectivity index (χ1) is 10.2. The van der Waals surface area contributed by atoms with Gasteiger partial charge in [-0.15, -0.1) is 0 Å². The van der Waals surface area contributed by atoms with Crippen LogP contribution in [0.15, 0.2) is 54.6 Å². The predicted molar refractivity (Wildman–Crippen MR) is 85.5 cm³/mol. The van der Waals surface area contributed by atoms with Gasteiger partial charge in [-0.05, 0) is 42.0 Å². The van der Waals surface area contributed by atoms with Gasteiger partial charge in [0.15, 0.2) is 0 Å². The molecule has 1 saturated carbocycles. The Kier molecular flexibility index (Phi) is 4.26. The molecule has 0 bridgehead atoms. The molecule has 0 heterocycles. The highest BCUT2D eigenvalue weighted by molar-refractivity contribution is 6.30. The Labute approximate surface area is 130 Å². The van der Waals surface area contributed by atoms with E-state index in [9.17, 15) is 4.79 Å². The van der Waals surface area contributed by atoms with Crippen LogP contribution < -0.4 is 5.32 Å². The Hall–Kier alpha value is -1.80. The Morgan fingerprint density at radius 1 is 1.14 bits per heavy atom. The van der Waals surface area contributed by atoms with Crippen molar-refractivity contribution < 1.29 is 4.79 Å². The Balaban J connectivity index is 1.46. The summed E-state index contributed by atoms with van der Waals surface area (Å²) in [7, 11) is 0. The second-order valence-corrected chi connectivity index (χ2v) is 5.97. The Morgan fingerprint density at radius 2 is 1.95 bits per heavy atom. The summed E-state index contributed by atoms with van der Waals surface area (Å²) in [5, 5.41) is 3.77. The van der Waals surface area contributed by atoms with E-state index in [1.165, 1.54) is 5.56 Å². The van der Waals surface area contributed by atoms with Crippen molar-refractivity contribution in [1.29, 1.82) is 0 Å². The molecular formula is C18H18ClNO. The van der Waals surface area contributed by atoms with E-state index in [4.69, 9.17) is 11.6 Å². The van der Waals surface area contributed by atoms with E-state index in [1.807, 2.05) is 42.5 Å². The van der Waals surface area contributed by atoms with Gasteiger partial charge in [-0.25, -0.2) is 0 Å². The van der Waals surface area contributed by atoms with Crippen molar-refractivity contribution in [1.82, 2.24) is 5.32 Å². The first kappa shape index (κ1) is 14.2. The van der Waals surface area contributed by atoms with Crippen LogP contribution >= 0.6 is 11.6 Å². The molecule has 21 heavy (non-hydrogen) atoms. The lowest BCUT2D eigenvalue weighted by Gasteiger charge is -2.05. The average Bonchev–Trinajstić information content (AvgIpc) is 3.29. The number of carbonyl (C=O) groups excluding carboxylic acids is 1. The topological polar surface area (TPSA) is 29.1 Å². The smallest absolute Gasteiger partial charge is 0.223 e. The molecule has 0 spiro atoms. The zero-order valence-corrected chi connectivity index (χ0v) is 12.5. The molecule has 2 nitrogen and oxygen atoms in total. The summed E-state index contributed by atoms with van der Waals surface area (Å²) in [6.45, 7) is 0.664. The molecule has 1 fully saturated rings. The van der Waals surface area contributed by atoms with Crippen molar-refractivity contribution in [3.05, 3.63) is 70.7 Å². The van der Waals surface area contributed by atoms with Gasteiger partial charge in [-0.2, -0.15) is 0 Å². The van der Waals surface area contributed by atoms with E-state index >= 15 is 0 Å². The third-order valence-corrected chi connectivity index (χ3v) is 4.19. The Morgan fingerprint density at radius 3 is 2.71 bits per heavy atom. The molecule has 1 aliphatic rings. The molecule has 0 aliphatic heterocycles. The zero-order chi connectivity index (χ0) is 14.7. The van der Waals surface area contributed by atoms with Crippen LogP contribution in [0.2, 0.25) is 5.02 Å². The lowest BCUT2D eigenvalue weighted by molar-refractivity contribution is -0.122. The minimum atomic E-state index is 0.145. The van der Waals surface area contributed by atoms with Crippen LogP contribution in [0.4, 0.5) is 0 Å². The van der Waals surface area contributed by atoms with Gasteiger partial charge < -0.3 is 5.32 Å². The molecule has 2 atom stereocenters. The Bertz CT molecular complexity index is 626. The van der Waals surface area contributed by atoms with Crippen molar-refractivity contribution in [3.8, 4) is 0 Å². The zero-order valence-electron chi connectivity index (χ0n) is 11.8. The van der Waals surface area contributed by atoms with E-state index in [-0.39, 0.29) is 11.8 Å². The molecule has 1 amide bonds. The van der Waals surface area contributed by atoms with Crippen molar-refractivity contribution >= 4 is 17.5 Å². The van der Waals surface area contributed by atoms with Crippen LogP contribution in [-0.2, 0) is 11.2 Å². The quantitative estimate of drug-likeness (QED) is 0.894. The van der Waals surface area contributed by atoms with Crippen molar-refractivity contribution in [2.75, 3.05) is 6.54 Å². The largest absolute Gasteiger partial charge is 0.356 e. The maximum absolute atomic E-state index is 12.1. The van der Waals surface area contributed by atoms with Gasteiger partial charge in [0.1, 0.15) is 0 Å². The highest BCUT2D eigenvalue weighted by atomic mass is 35.5. The highest BCUT2D eigenvalue weighted by Crippen LogP contribution is 2.47. The van der Waals surface area contributed by atoms with Crippen LogP contribution in [0.5, 0.6) is 0 Å². The molecule has 2 aromatic carbocycles. The molecule has 0 aromatic heterocycles. The summed E-state index contributed by atoms with van der Waals surface area (Å²) in [5.41, 5.74) is 2.42. The first-order valence-corrected chi connectivity index (χ1v) is 7.69. The second-order valence-electron chi connectivity index (χ2n) is 5.53.